The fourth-order valence-corrected chi connectivity index (χ4v) is 2.36. The molecule has 9 heteroatoms. The van der Waals surface area contributed by atoms with E-state index in [2.05, 4.69) is 20.3 Å². The minimum Gasteiger partial charge on any atom is -0.480 e. The molecule has 3 aromatic rings. The second-order valence-electron chi connectivity index (χ2n) is 4.13. The highest BCUT2D eigenvalue weighted by atomic mass is 32.1. The molecule has 0 fully saturated rings. The molecule has 0 spiro atoms. The number of hydrogen-bond donors (Lipinski definition) is 0. The Hall–Kier alpha value is -2.81. The van der Waals surface area contributed by atoms with E-state index in [1.165, 1.54) is 30.2 Å². The third-order valence-corrected chi connectivity index (χ3v) is 3.44. The predicted octanol–water partition coefficient (Wildman–Crippen LogP) is 1.58. The Balaban J connectivity index is 2.11. The standard InChI is InChI=1S/C13H11N5O3S/c1-20-12-4-3-11(15-16-12)18-10(9-6-22-7-14-9)5-8(17-18)13(19)21-2/h3-7H,1-2H3. The van der Waals surface area contributed by atoms with Crippen molar-refractivity contribution >= 4 is 17.3 Å². The predicted molar refractivity (Wildman–Crippen MR) is 78.2 cm³/mol. The Morgan fingerprint density at radius 2 is 2.14 bits per heavy atom. The Kier molecular flexibility index (Phi) is 3.79. The molecule has 3 rings (SSSR count). The van der Waals surface area contributed by atoms with Crippen molar-refractivity contribution in [3.8, 4) is 23.1 Å². The van der Waals surface area contributed by atoms with Crippen LogP contribution in [0.2, 0.25) is 0 Å². The van der Waals surface area contributed by atoms with E-state index in [9.17, 15) is 4.79 Å². The minimum atomic E-state index is -0.531. The van der Waals surface area contributed by atoms with Crippen LogP contribution < -0.4 is 4.74 Å². The summed E-state index contributed by atoms with van der Waals surface area (Å²) >= 11 is 1.44. The summed E-state index contributed by atoms with van der Waals surface area (Å²) < 4.78 is 11.2. The van der Waals surface area contributed by atoms with Crippen LogP contribution in [0, 0.1) is 0 Å². The van der Waals surface area contributed by atoms with E-state index < -0.39 is 5.97 Å². The second kappa shape index (κ2) is 5.90. The molecule has 0 atom stereocenters. The van der Waals surface area contributed by atoms with Crippen molar-refractivity contribution in [2.45, 2.75) is 0 Å². The number of aromatic nitrogens is 5. The molecule has 0 saturated heterocycles. The fraction of sp³-hybridized carbons (Fsp3) is 0.154. The summed E-state index contributed by atoms with van der Waals surface area (Å²) in [6, 6.07) is 4.95. The van der Waals surface area contributed by atoms with Crippen LogP contribution in [0.15, 0.2) is 29.1 Å². The van der Waals surface area contributed by atoms with Crippen LogP contribution in [-0.2, 0) is 4.74 Å². The highest BCUT2D eigenvalue weighted by molar-refractivity contribution is 7.07. The lowest BCUT2D eigenvalue weighted by molar-refractivity contribution is 0.0593. The van der Waals surface area contributed by atoms with Crippen molar-refractivity contribution in [3.05, 3.63) is 34.8 Å². The van der Waals surface area contributed by atoms with Crippen molar-refractivity contribution in [2.75, 3.05) is 14.2 Å². The Labute approximate surface area is 129 Å². The van der Waals surface area contributed by atoms with Gasteiger partial charge in [-0.05, 0) is 6.07 Å². The van der Waals surface area contributed by atoms with Gasteiger partial charge in [-0.25, -0.2) is 14.5 Å². The molecule has 0 aliphatic carbocycles. The highest BCUT2D eigenvalue weighted by Crippen LogP contribution is 2.23. The van der Waals surface area contributed by atoms with Crippen LogP contribution in [0.5, 0.6) is 5.88 Å². The van der Waals surface area contributed by atoms with Gasteiger partial charge in [0.25, 0.3) is 0 Å². The number of ether oxygens (including phenoxy) is 2. The molecule has 22 heavy (non-hydrogen) atoms. The fourth-order valence-electron chi connectivity index (χ4n) is 1.82. The van der Waals surface area contributed by atoms with E-state index >= 15 is 0 Å². The summed E-state index contributed by atoms with van der Waals surface area (Å²) in [5.41, 5.74) is 3.18. The number of carbonyl (C=O) groups is 1. The number of methoxy groups -OCH3 is 2. The van der Waals surface area contributed by atoms with Crippen molar-refractivity contribution in [1.82, 2.24) is 25.0 Å². The number of nitrogens with zero attached hydrogens (tertiary/aromatic N) is 5. The topological polar surface area (TPSA) is 92.0 Å². The molecule has 0 aromatic carbocycles. The van der Waals surface area contributed by atoms with Gasteiger partial charge in [0.05, 0.1) is 31.1 Å². The average molecular weight is 317 g/mol. The smallest absolute Gasteiger partial charge is 0.358 e. The van der Waals surface area contributed by atoms with Gasteiger partial charge in [0.2, 0.25) is 5.88 Å². The lowest BCUT2D eigenvalue weighted by atomic mass is 10.3. The van der Waals surface area contributed by atoms with E-state index in [1.807, 2.05) is 5.38 Å². The molecule has 0 amide bonds. The first-order valence-corrected chi connectivity index (χ1v) is 7.12. The number of hydrogen-bond acceptors (Lipinski definition) is 8. The van der Waals surface area contributed by atoms with Crippen LogP contribution in [-0.4, -0.2) is 45.2 Å². The zero-order chi connectivity index (χ0) is 15.5. The van der Waals surface area contributed by atoms with Crippen LogP contribution in [0.3, 0.4) is 0 Å². The first kappa shape index (κ1) is 14.1. The average Bonchev–Trinajstić information content (AvgIpc) is 3.23. The first-order chi connectivity index (χ1) is 10.7. The lowest BCUT2D eigenvalue weighted by Crippen LogP contribution is -2.06. The van der Waals surface area contributed by atoms with Gasteiger partial charge in [-0.2, -0.15) is 5.10 Å². The van der Waals surface area contributed by atoms with Gasteiger partial charge >= 0.3 is 5.97 Å². The largest absolute Gasteiger partial charge is 0.480 e. The Bertz CT molecular complexity index is 783. The van der Waals surface area contributed by atoms with Gasteiger partial charge in [-0.15, -0.1) is 21.5 Å². The zero-order valence-corrected chi connectivity index (χ0v) is 12.6. The zero-order valence-electron chi connectivity index (χ0n) is 11.8. The van der Waals surface area contributed by atoms with Crippen LogP contribution in [0.25, 0.3) is 17.2 Å². The molecule has 0 aliphatic rings. The van der Waals surface area contributed by atoms with Crippen molar-refractivity contribution in [1.29, 1.82) is 0 Å². The number of esters is 1. The molecule has 112 valence electrons. The minimum absolute atomic E-state index is 0.170. The van der Waals surface area contributed by atoms with Gasteiger partial charge in [0.15, 0.2) is 11.5 Å². The maximum absolute atomic E-state index is 11.7. The van der Waals surface area contributed by atoms with Crippen LogP contribution >= 0.6 is 11.3 Å². The summed E-state index contributed by atoms with van der Waals surface area (Å²) in [4.78, 5) is 15.9. The highest BCUT2D eigenvalue weighted by Gasteiger charge is 2.19. The molecular formula is C13H11N5O3S. The van der Waals surface area contributed by atoms with Gasteiger partial charge in [-0.1, -0.05) is 0 Å². The molecule has 0 unspecified atom stereocenters. The van der Waals surface area contributed by atoms with Gasteiger partial charge in [0, 0.05) is 17.5 Å². The maximum Gasteiger partial charge on any atom is 0.358 e. The Morgan fingerprint density at radius 3 is 2.73 bits per heavy atom. The quantitative estimate of drug-likeness (QED) is 0.674. The molecule has 3 heterocycles. The van der Waals surface area contributed by atoms with E-state index in [-0.39, 0.29) is 5.69 Å². The number of thiazole rings is 1. The normalized spacial score (nSPS) is 10.5. The molecule has 0 N–H and O–H groups in total. The molecule has 0 bridgehead atoms. The summed E-state index contributed by atoms with van der Waals surface area (Å²) in [6.45, 7) is 0. The summed E-state index contributed by atoms with van der Waals surface area (Å²) in [5.74, 6) is 0.301. The van der Waals surface area contributed by atoms with E-state index in [4.69, 9.17) is 9.47 Å². The third-order valence-electron chi connectivity index (χ3n) is 2.85. The van der Waals surface area contributed by atoms with Gasteiger partial charge < -0.3 is 9.47 Å². The SMILES string of the molecule is COC(=O)c1cc(-c2cscn2)n(-c2ccc(OC)nn2)n1. The molecule has 0 aliphatic heterocycles. The van der Waals surface area contributed by atoms with Gasteiger partial charge in [-0.3, -0.25) is 0 Å². The number of rotatable bonds is 4. The maximum atomic E-state index is 11.7. The van der Waals surface area contributed by atoms with E-state index in [0.29, 0.717) is 23.1 Å². The van der Waals surface area contributed by atoms with E-state index in [1.54, 1.807) is 23.7 Å². The summed E-state index contributed by atoms with van der Waals surface area (Å²) in [6.07, 6.45) is 0. The molecular weight excluding hydrogens is 306 g/mol. The second-order valence-corrected chi connectivity index (χ2v) is 4.84. The van der Waals surface area contributed by atoms with Crippen molar-refractivity contribution in [2.24, 2.45) is 0 Å². The van der Waals surface area contributed by atoms with Gasteiger partial charge in [0.1, 0.15) is 0 Å². The lowest BCUT2D eigenvalue weighted by Gasteiger charge is -2.04. The van der Waals surface area contributed by atoms with E-state index in [0.717, 1.165) is 0 Å². The first-order valence-electron chi connectivity index (χ1n) is 6.18. The summed E-state index contributed by atoms with van der Waals surface area (Å²) in [5, 5.41) is 14.0. The monoisotopic (exact) mass is 317 g/mol. The molecule has 0 saturated carbocycles. The molecule has 8 nitrogen and oxygen atoms in total. The van der Waals surface area contributed by atoms with Crippen molar-refractivity contribution in [3.63, 3.8) is 0 Å². The van der Waals surface area contributed by atoms with Crippen LogP contribution in [0.1, 0.15) is 10.5 Å². The van der Waals surface area contributed by atoms with Crippen molar-refractivity contribution < 1.29 is 14.3 Å². The molecule has 0 radical (unpaired) electrons. The summed E-state index contributed by atoms with van der Waals surface area (Å²) in [7, 11) is 2.81. The Morgan fingerprint density at radius 1 is 1.27 bits per heavy atom. The molecule has 3 aromatic heterocycles. The number of carbonyl (C=O) groups excluding carboxylic acids is 1. The van der Waals surface area contributed by atoms with Crippen LogP contribution in [0.4, 0.5) is 0 Å². The third kappa shape index (κ3) is 2.53.